The lowest BCUT2D eigenvalue weighted by atomic mass is 9.77. The highest BCUT2D eigenvalue weighted by atomic mass is 16.5. The molecule has 3 heteroatoms. The van der Waals surface area contributed by atoms with E-state index in [2.05, 4.69) is 45.0 Å². The highest BCUT2D eigenvalue weighted by Gasteiger charge is 2.24. The Balaban J connectivity index is 0.00000228. The quantitative estimate of drug-likeness (QED) is 0.247. The number of methoxy groups -OCH3 is 1. The van der Waals surface area contributed by atoms with Crippen molar-refractivity contribution in [3.05, 3.63) is 124 Å². The molecule has 0 aliphatic heterocycles. The Morgan fingerprint density at radius 3 is 1.69 bits per heavy atom. The molecule has 36 heavy (non-hydrogen) atoms. The summed E-state index contributed by atoms with van der Waals surface area (Å²) < 4.78 is 11.4. The molecular formula is C33H38O3. The lowest BCUT2D eigenvalue weighted by Crippen LogP contribution is -2.19. The lowest BCUT2D eigenvalue weighted by molar-refractivity contribution is 0.103. The summed E-state index contributed by atoms with van der Waals surface area (Å²) in [6.07, 6.45) is 0. The largest absolute Gasteiger partial charge is 0.497 e. The Morgan fingerprint density at radius 1 is 0.667 bits per heavy atom. The van der Waals surface area contributed by atoms with Crippen molar-refractivity contribution < 1.29 is 14.3 Å². The van der Waals surface area contributed by atoms with E-state index in [9.17, 15) is 4.79 Å². The minimum atomic E-state index is -0.159. The van der Waals surface area contributed by atoms with Gasteiger partial charge in [-0.1, -0.05) is 82.8 Å². The summed E-state index contributed by atoms with van der Waals surface area (Å²) in [6, 6.07) is 29.5. The molecule has 0 unspecified atom stereocenters. The fourth-order valence-corrected chi connectivity index (χ4v) is 4.00. The van der Waals surface area contributed by atoms with Crippen molar-refractivity contribution in [2.75, 3.05) is 7.11 Å². The third-order valence-corrected chi connectivity index (χ3v) is 6.37. The molecule has 3 nitrogen and oxygen atoms in total. The topological polar surface area (TPSA) is 35.5 Å². The van der Waals surface area contributed by atoms with Crippen LogP contribution in [0.25, 0.3) is 0 Å². The van der Waals surface area contributed by atoms with Crippen LogP contribution < -0.4 is 9.47 Å². The number of hydrogen-bond donors (Lipinski definition) is 0. The molecule has 4 aromatic carbocycles. The van der Waals surface area contributed by atoms with Crippen LogP contribution in [0.5, 0.6) is 17.2 Å². The normalized spacial score (nSPS) is 10.6. The predicted molar refractivity (Wildman–Crippen MR) is 151 cm³/mol. The Bertz CT molecular complexity index is 1280. The van der Waals surface area contributed by atoms with Crippen molar-refractivity contribution in [2.24, 2.45) is 0 Å². The van der Waals surface area contributed by atoms with Gasteiger partial charge in [-0.15, -0.1) is 0 Å². The van der Waals surface area contributed by atoms with Crippen LogP contribution in [0.15, 0.2) is 91.0 Å². The van der Waals surface area contributed by atoms with Crippen LogP contribution in [0.4, 0.5) is 0 Å². The van der Waals surface area contributed by atoms with Gasteiger partial charge in [-0.05, 0) is 73.0 Å². The summed E-state index contributed by atoms with van der Waals surface area (Å²) in [5.74, 6) is 2.36. The number of rotatable bonds is 7. The van der Waals surface area contributed by atoms with Crippen molar-refractivity contribution in [1.29, 1.82) is 0 Å². The van der Waals surface area contributed by atoms with E-state index in [0.29, 0.717) is 16.9 Å². The van der Waals surface area contributed by atoms with E-state index in [1.165, 1.54) is 11.1 Å². The maximum atomic E-state index is 12.7. The molecule has 0 heterocycles. The number of ether oxygens (including phenoxy) is 2. The first-order chi connectivity index (χ1) is 16.3. The molecule has 0 radical (unpaired) electrons. The lowest BCUT2D eigenvalue weighted by Gasteiger charge is -2.27. The van der Waals surface area contributed by atoms with Crippen LogP contribution in [0.1, 0.15) is 66.9 Å². The van der Waals surface area contributed by atoms with Crippen LogP contribution >= 0.6 is 0 Å². The van der Waals surface area contributed by atoms with Crippen LogP contribution in [0.2, 0.25) is 0 Å². The second-order valence-electron chi connectivity index (χ2n) is 9.16. The standard InChI is InChI=1S/C31H30O3.2CH4/c1-21-6-8-23(9-7-21)30(32)24-10-15-28(16-11-24)34-29-19-14-26(20-22(29)2)31(3,4)25-12-17-27(33-5)18-13-25;;/h6-20H,1-5H3;2*1H4. The SMILES string of the molecule is C.C.COc1ccc(C(C)(C)c2ccc(Oc3ccc(C(=O)c4ccc(C)cc4)cc3)c(C)c2)cc1. The van der Waals surface area contributed by atoms with Gasteiger partial charge in [0.25, 0.3) is 0 Å². The Morgan fingerprint density at radius 2 is 1.17 bits per heavy atom. The van der Waals surface area contributed by atoms with Crippen molar-refractivity contribution in [3.8, 4) is 17.2 Å². The van der Waals surface area contributed by atoms with Crippen LogP contribution in [0.3, 0.4) is 0 Å². The van der Waals surface area contributed by atoms with E-state index in [4.69, 9.17) is 9.47 Å². The molecule has 0 aliphatic rings. The molecule has 0 saturated carbocycles. The van der Waals surface area contributed by atoms with E-state index in [1.807, 2.05) is 73.7 Å². The number of carbonyl (C=O) groups is 1. The van der Waals surface area contributed by atoms with Gasteiger partial charge in [-0.3, -0.25) is 4.79 Å². The van der Waals surface area contributed by atoms with Gasteiger partial charge < -0.3 is 9.47 Å². The summed E-state index contributed by atoms with van der Waals surface area (Å²) >= 11 is 0. The van der Waals surface area contributed by atoms with Gasteiger partial charge in [0.15, 0.2) is 5.78 Å². The Hall–Kier alpha value is -3.85. The highest BCUT2D eigenvalue weighted by molar-refractivity contribution is 6.09. The molecule has 0 saturated heterocycles. The average Bonchev–Trinajstić information content (AvgIpc) is 2.85. The van der Waals surface area contributed by atoms with Gasteiger partial charge in [-0.25, -0.2) is 0 Å². The summed E-state index contributed by atoms with van der Waals surface area (Å²) in [5.41, 5.74) is 5.78. The molecule has 0 N–H and O–H groups in total. The molecule has 4 rings (SSSR count). The third-order valence-electron chi connectivity index (χ3n) is 6.37. The number of hydrogen-bond acceptors (Lipinski definition) is 3. The van der Waals surface area contributed by atoms with Crippen molar-refractivity contribution >= 4 is 5.78 Å². The number of carbonyl (C=O) groups excluding carboxylic acids is 1. The zero-order valence-electron chi connectivity index (χ0n) is 20.4. The number of aryl methyl sites for hydroxylation is 2. The first-order valence-electron chi connectivity index (χ1n) is 11.4. The number of ketones is 1. The Labute approximate surface area is 216 Å². The van der Waals surface area contributed by atoms with Crippen LogP contribution in [-0.4, -0.2) is 12.9 Å². The van der Waals surface area contributed by atoms with Gasteiger partial charge >= 0.3 is 0 Å². The Kier molecular flexibility index (Phi) is 9.24. The second-order valence-corrected chi connectivity index (χ2v) is 9.16. The first-order valence-corrected chi connectivity index (χ1v) is 11.4. The molecule has 0 amide bonds. The fourth-order valence-electron chi connectivity index (χ4n) is 4.00. The predicted octanol–water partition coefficient (Wildman–Crippen LogP) is 8.93. The summed E-state index contributed by atoms with van der Waals surface area (Å²) in [4.78, 5) is 12.7. The molecule has 0 atom stereocenters. The zero-order chi connectivity index (χ0) is 24.3. The van der Waals surface area contributed by atoms with Crippen molar-refractivity contribution in [3.63, 3.8) is 0 Å². The summed E-state index contributed by atoms with van der Waals surface area (Å²) in [5, 5.41) is 0. The number of benzene rings is 4. The van der Waals surface area contributed by atoms with E-state index in [1.54, 1.807) is 7.11 Å². The van der Waals surface area contributed by atoms with Gasteiger partial charge in [-0.2, -0.15) is 0 Å². The highest BCUT2D eigenvalue weighted by Crippen LogP contribution is 2.35. The molecule has 4 aromatic rings. The van der Waals surface area contributed by atoms with E-state index in [0.717, 1.165) is 22.6 Å². The molecule has 0 bridgehead atoms. The minimum absolute atomic E-state index is 0. The van der Waals surface area contributed by atoms with Crippen LogP contribution in [0, 0.1) is 13.8 Å². The average molecular weight is 483 g/mol. The zero-order valence-corrected chi connectivity index (χ0v) is 20.4. The smallest absolute Gasteiger partial charge is 0.193 e. The maximum absolute atomic E-state index is 12.7. The molecule has 0 spiro atoms. The molecule has 0 aliphatic carbocycles. The molecule has 188 valence electrons. The van der Waals surface area contributed by atoms with Gasteiger partial charge in [0.05, 0.1) is 7.11 Å². The fraction of sp³-hybridized carbons (Fsp3) is 0.242. The summed E-state index contributed by atoms with van der Waals surface area (Å²) in [6.45, 7) is 8.50. The summed E-state index contributed by atoms with van der Waals surface area (Å²) in [7, 11) is 1.68. The molecular weight excluding hydrogens is 444 g/mol. The molecule has 0 aromatic heterocycles. The van der Waals surface area contributed by atoms with Gasteiger partial charge in [0.2, 0.25) is 0 Å². The monoisotopic (exact) mass is 482 g/mol. The first kappa shape index (κ1) is 28.4. The molecule has 0 fully saturated rings. The van der Waals surface area contributed by atoms with E-state index in [-0.39, 0.29) is 26.1 Å². The third kappa shape index (κ3) is 6.04. The minimum Gasteiger partial charge on any atom is -0.497 e. The van der Waals surface area contributed by atoms with Gasteiger partial charge in [0.1, 0.15) is 17.2 Å². The van der Waals surface area contributed by atoms with Gasteiger partial charge in [0, 0.05) is 16.5 Å². The van der Waals surface area contributed by atoms with Crippen molar-refractivity contribution in [1.82, 2.24) is 0 Å². The van der Waals surface area contributed by atoms with Crippen LogP contribution in [-0.2, 0) is 5.41 Å². The van der Waals surface area contributed by atoms with Crippen molar-refractivity contribution in [2.45, 2.75) is 48.0 Å². The van der Waals surface area contributed by atoms with E-state index < -0.39 is 0 Å². The van der Waals surface area contributed by atoms with E-state index >= 15 is 0 Å². The second kappa shape index (κ2) is 11.7. The maximum Gasteiger partial charge on any atom is 0.193 e.